The van der Waals surface area contributed by atoms with Crippen molar-refractivity contribution < 1.29 is 14.3 Å². The van der Waals surface area contributed by atoms with E-state index in [2.05, 4.69) is 0 Å². The molecule has 0 unspecified atom stereocenters. The van der Waals surface area contributed by atoms with E-state index in [0.717, 1.165) is 31.4 Å². The van der Waals surface area contributed by atoms with Gasteiger partial charge in [-0.15, -0.1) is 0 Å². The number of methoxy groups -OCH3 is 1. The molecule has 1 fully saturated rings. The number of carbonyl (C=O) groups is 2. The smallest absolute Gasteiger partial charge is 0.308 e. The van der Waals surface area contributed by atoms with Crippen LogP contribution in [0, 0.1) is 11.8 Å². The highest BCUT2D eigenvalue weighted by molar-refractivity contribution is 8.13. The molecule has 0 N–H and O–H groups in total. The lowest BCUT2D eigenvalue weighted by atomic mass is 9.83. The second kappa shape index (κ2) is 6.16. The van der Waals surface area contributed by atoms with Crippen LogP contribution in [0.15, 0.2) is 0 Å². The second-order valence-corrected chi connectivity index (χ2v) is 5.24. The summed E-state index contributed by atoms with van der Waals surface area (Å²) in [6, 6.07) is 0. The van der Waals surface area contributed by atoms with Gasteiger partial charge in [-0.2, -0.15) is 0 Å². The molecule has 1 rings (SSSR count). The summed E-state index contributed by atoms with van der Waals surface area (Å²) in [5.41, 5.74) is 0. The minimum absolute atomic E-state index is 0.0762. The van der Waals surface area contributed by atoms with Crippen molar-refractivity contribution in [3.8, 4) is 0 Å². The van der Waals surface area contributed by atoms with Crippen LogP contribution in [0.1, 0.15) is 32.6 Å². The molecule has 0 heterocycles. The zero-order valence-electron chi connectivity index (χ0n) is 9.32. The Bertz CT molecular complexity index is 232. The lowest BCUT2D eigenvalue weighted by Gasteiger charge is -2.26. The van der Waals surface area contributed by atoms with Gasteiger partial charge in [-0.05, 0) is 31.6 Å². The van der Waals surface area contributed by atoms with Gasteiger partial charge in [0.25, 0.3) is 0 Å². The van der Waals surface area contributed by atoms with Crippen molar-refractivity contribution in [2.24, 2.45) is 11.8 Å². The molecule has 0 radical (unpaired) electrons. The van der Waals surface area contributed by atoms with Crippen LogP contribution in [0.5, 0.6) is 0 Å². The summed E-state index contributed by atoms with van der Waals surface area (Å²) in [7, 11) is 1.44. The van der Waals surface area contributed by atoms with Gasteiger partial charge >= 0.3 is 5.97 Å². The molecule has 3 nitrogen and oxygen atoms in total. The molecule has 0 aromatic rings. The van der Waals surface area contributed by atoms with Crippen molar-refractivity contribution in [2.45, 2.75) is 32.6 Å². The van der Waals surface area contributed by atoms with Gasteiger partial charge in [0.05, 0.1) is 13.0 Å². The maximum atomic E-state index is 11.3. The Kier molecular flexibility index (Phi) is 5.15. The molecule has 1 aliphatic rings. The highest BCUT2D eigenvalue weighted by Crippen LogP contribution is 2.31. The Morgan fingerprint density at radius 1 is 1.27 bits per heavy atom. The standard InChI is InChI=1S/C11H18O3S/c1-8(12)15-7-9-3-5-10(6-4-9)11(13)14-2/h9-10H,3-7H2,1-2H3. The zero-order chi connectivity index (χ0) is 11.3. The second-order valence-electron chi connectivity index (χ2n) is 4.04. The van der Waals surface area contributed by atoms with Crippen molar-refractivity contribution in [3.05, 3.63) is 0 Å². The summed E-state index contributed by atoms with van der Waals surface area (Å²) in [6.07, 6.45) is 3.91. The predicted molar refractivity (Wildman–Crippen MR) is 60.6 cm³/mol. The fourth-order valence-corrected chi connectivity index (χ4v) is 2.77. The van der Waals surface area contributed by atoms with E-state index in [1.165, 1.54) is 18.9 Å². The van der Waals surface area contributed by atoms with Gasteiger partial charge < -0.3 is 4.74 Å². The summed E-state index contributed by atoms with van der Waals surface area (Å²) < 4.78 is 4.72. The first kappa shape index (κ1) is 12.6. The molecule has 15 heavy (non-hydrogen) atoms. The monoisotopic (exact) mass is 230 g/mol. The largest absolute Gasteiger partial charge is 0.469 e. The molecule has 4 heteroatoms. The molecule has 0 spiro atoms. The summed E-state index contributed by atoms with van der Waals surface area (Å²) in [5.74, 6) is 1.52. The first-order valence-electron chi connectivity index (χ1n) is 5.34. The van der Waals surface area contributed by atoms with E-state index in [1.54, 1.807) is 6.92 Å². The van der Waals surface area contributed by atoms with Gasteiger partial charge in [0.1, 0.15) is 0 Å². The summed E-state index contributed by atoms with van der Waals surface area (Å²) in [6.45, 7) is 1.60. The van der Waals surface area contributed by atoms with E-state index in [9.17, 15) is 9.59 Å². The quantitative estimate of drug-likeness (QED) is 0.697. The van der Waals surface area contributed by atoms with Gasteiger partial charge in [0.15, 0.2) is 5.12 Å². The van der Waals surface area contributed by atoms with Gasteiger partial charge in [-0.1, -0.05) is 11.8 Å². The Morgan fingerprint density at radius 2 is 1.87 bits per heavy atom. The summed E-state index contributed by atoms with van der Waals surface area (Å²) in [4.78, 5) is 22.1. The SMILES string of the molecule is COC(=O)C1CCC(CSC(C)=O)CC1. The summed E-state index contributed by atoms with van der Waals surface area (Å²) in [5, 5.41) is 0.185. The molecule has 1 aliphatic carbocycles. The van der Waals surface area contributed by atoms with Crippen molar-refractivity contribution in [1.82, 2.24) is 0 Å². The van der Waals surface area contributed by atoms with Crippen molar-refractivity contribution >= 4 is 22.8 Å². The van der Waals surface area contributed by atoms with Crippen LogP contribution in [0.25, 0.3) is 0 Å². The van der Waals surface area contributed by atoms with Crippen LogP contribution >= 0.6 is 11.8 Å². The third kappa shape index (κ3) is 4.24. The van der Waals surface area contributed by atoms with Crippen LogP contribution in [0.2, 0.25) is 0 Å². The number of ether oxygens (including phenoxy) is 1. The Balaban J connectivity index is 2.23. The van der Waals surface area contributed by atoms with Crippen LogP contribution in [0.3, 0.4) is 0 Å². The molecule has 0 amide bonds. The van der Waals surface area contributed by atoms with Gasteiger partial charge in [-0.3, -0.25) is 9.59 Å². The lowest BCUT2D eigenvalue weighted by molar-refractivity contribution is -0.146. The van der Waals surface area contributed by atoms with Gasteiger partial charge in [-0.25, -0.2) is 0 Å². The molecular formula is C11H18O3S. The van der Waals surface area contributed by atoms with Crippen LogP contribution in [0.4, 0.5) is 0 Å². The highest BCUT2D eigenvalue weighted by atomic mass is 32.2. The maximum absolute atomic E-state index is 11.3. The Labute approximate surface area is 94.9 Å². The van der Waals surface area contributed by atoms with Crippen molar-refractivity contribution in [1.29, 1.82) is 0 Å². The van der Waals surface area contributed by atoms with Gasteiger partial charge in [0.2, 0.25) is 0 Å². The van der Waals surface area contributed by atoms with Crippen LogP contribution in [-0.4, -0.2) is 23.9 Å². The minimum atomic E-state index is -0.0762. The molecule has 0 bridgehead atoms. The number of carbonyl (C=O) groups excluding carboxylic acids is 2. The molecule has 0 aromatic carbocycles. The topological polar surface area (TPSA) is 43.4 Å². The number of esters is 1. The van der Waals surface area contributed by atoms with E-state index < -0.39 is 0 Å². The first-order valence-corrected chi connectivity index (χ1v) is 6.33. The van der Waals surface area contributed by atoms with Crippen LogP contribution < -0.4 is 0 Å². The number of hydrogen-bond acceptors (Lipinski definition) is 4. The van der Waals surface area contributed by atoms with E-state index in [1.807, 2.05) is 0 Å². The van der Waals surface area contributed by atoms with Crippen molar-refractivity contribution in [3.63, 3.8) is 0 Å². The fraction of sp³-hybridized carbons (Fsp3) is 0.818. The van der Waals surface area contributed by atoms with E-state index in [-0.39, 0.29) is 17.0 Å². The molecule has 0 saturated heterocycles. The van der Waals surface area contributed by atoms with E-state index >= 15 is 0 Å². The summed E-state index contributed by atoms with van der Waals surface area (Å²) >= 11 is 1.40. The molecule has 0 aromatic heterocycles. The number of hydrogen-bond donors (Lipinski definition) is 0. The fourth-order valence-electron chi connectivity index (χ4n) is 1.97. The normalized spacial score (nSPS) is 26.0. The Morgan fingerprint density at radius 3 is 2.33 bits per heavy atom. The number of rotatable bonds is 3. The maximum Gasteiger partial charge on any atom is 0.308 e. The average molecular weight is 230 g/mol. The van der Waals surface area contributed by atoms with Crippen molar-refractivity contribution in [2.75, 3.05) is 12.9 Å². The highest BCUT2D eigenvalue weighted by Gasteiger charge is 2.26. The van der Waals surface area contributed by atoms with Crippen LogP contribution in [-0.2, 0) is 14.3 Å². The molecule has 86 valence electrons. The average Bonchev–Trinajstić information content (AvgIpc) is 2.26. The molecule has 0 atom stereocenters. The number of thioether (sulfide) groups is 1. The zero-order valence-corrected chi connectivity index (χ0v) is 10.1. The van der Waals surface area contributed by atoms with E-state index in [4.69, 9.17) is 4.74 Å². The third-order valence-corrected chi connectivity index (χ3v) is 3.95. The lowest BCUT2D eigenvalue weighted by Crippen LogP contribution is -2.23. The predicted octanol–water partition coefficient (Wildman–Crippen LogP) is 2.25. The molecule has 0 aliphatic heterocycles. The van der Waals surface area contributed by atoms with Gasteiger partial charge in [0, 0.05) is 12.7 Å². The first-order chi connectivity index (χ1) is 7.13. The molecular weight excluding hydrogens is 212 g/mol. The minimum Gasteiger partial charge on any atom is -0.469 e. The Hall–Kier alpha value is -0.510. The molecule has 1 saturated carbocycles. The third-order valence-electron chi connectivity index (χ3n) is 2.90. The van der Waals surface area contributed by atoms with E-state index in [0.29, 0.717) is 5.92 Å².